The molecule has 0 N–H and O–H groups in total. The van der Waals surface area contributed by atoms with E-state index in [0.29, 0.717) is 0 Å². The fourth-order valence-corrected chi connectivity index (χ4v) is 3.77. The lowest BCUT2D eigenvalue weighted by Crippen LogP contribution is -2.00. The van der Waals surface area contributed by atoms with Crippen LogP contribution in [0.4, 0.5) is 0 Å². The van der Waals surface area contributed by atoms with E-state index in [0.717, 1.165) is 46.8 Å². The van der Waals surface area contributed by atoms with E-state index in [9.17, 15) is 0 Å². The zero-order valence-electron chi connectivity index (χ0n) is 14.3. The van der Waals surface area contributed by atoms with Crippen molar-refractivity contribution in [3.8, 4) is 11.4 Å². The molecule has 0 saturated carbocycles. The van der Waals surface area contributed by atoms with Crippen LogP contribution in [0.3, 0.4) is 0 Å². The zero-order valence-corrected chi connectivity index (χ0v) is 15.9. The Hall–Kier alpha value is -1.79. The first kappa shape index (κ1) is 18.0. The number of aromatic nitrogens is 5. The number of hydrogen-bond acceptors (Lipinski definition) is 4. The Morgan fingerprint density at radius 3 is 2.64 bits per heavy atom. The van der Waals surface area contributed by atoms with Gasteiger partial charge in [0, 0.05) is 41.8 Å². The molecule has 0 aliphatic heterocycles. The second-order valence-corrected chi connectivity index (χ2v) is 7.23. The summed E-state index contributed by atoms with van der Waals surface area (Å²) in [5.74, 6) is 1.96. The third-order valence-electron chi connectivity index (χ3n) is 3.96. The molecule has 0 atom stereocenters. The van der Waals surface area contributed by atoms with Crippen molar-refractivity contribution in [3.05, 3.63) is 47.7 Å². The molecular formula is C18H22ClN5S. The van der Waals surface area contributed by atoms with Gasteiger partial charge in [0.2, 0.25) is 0 Å². The molecule has 2 heterocycles. The van der Waals surface area contributed by atoms with Gasteiger partial charge in [-0.05, 0) is 50.1 Å². The maximum atomic E-state index is 5.97. The lowest BCUT2D eigenvalue weighted by Gasteiger charge is -2.07. The Bertz CT molecular complexity index is 767. The Balaban J connectivity index is 1.50. The molecule has 0 aliphatic carbocycles. The van der Waals surface area contributed by atoms with Gasteiger partial charge in [-0.3, -0.25) is 4.68 Å². The molecule has 0 spiro atoms. The summed E-state index contributed by atoms with van der Waals surface area (Å²) >= 11 is 7.75. The predicted octanol–water partition coefficient (Wildman–Crippen LogP) is 4.78. The summed E-state index contributed by atoms with van der Waals surface area (Å²) in [6.45, 7) is 3.97. The number of rotatable bonds is 9. The first-order valence-corrected chi connectivity index (χ1v) is 9.93. The largest absolute Gasteiger partial charge is 0.302 e. The molecule has 3 aromatic rings. The van der Waals surface area contributed by atoms with Crippen LogP contribution in [-0.4, -0.2) is 30.3 Å². The molecule has 132 valence electrons. The number of hydrogen-bond donors (Lipinski definition) is 0. The Morgan fingerprint density at radius 2 is 1.92 bits per heavy atom. The molecule has 25 heavy (non-hydrogen) atoms. The van der Waals surface area contributed by atoms with Crippen molar-refractivity contribution >= 4 is 23.4 Å². The molecule has 0 fully saturated rings. The minimum Gasteiger partial charge on any atom is -0.302 e. The van der Waals surface area contributed by atoms with Gasteiger partial charge < -0.3 is 4.57 Å². The van der Waals surface area contributed by atoms with E-state index in [1.165, 1.54) is 12.8 Å². The number of halogens is 1. The molecule has 3 rings (SSSR count). The van der Waals surface area contributed by atoms with Gasteiger partial charge in [0.05, 0.1) is 0 Å². The first-order chi connectivity index (χ1) is 12.3. The van der Waals surface area contributed by atoms with E-state index < -0.39 is 0 Å². The van der Waals surface area contributed by atoms with Crippen LogP contribution in [0.25, 0.3) is 11.4 Å². The van der Waals surface area contributed by atoms with Gasteiger partial charge in [-0.1, -0.05) is 29.8 Å². The molecule has 0 saturated heterocycles. The monoisotopic (exact) mass is 375 g/mol. The van der Waals surface area contributed by atoms with Crippen molar-refractivity contribution in [2.24, 2.45) is 0 Å². The van der Waals surface area contributed by atoms with Crippen molar-refractivity contribution < 1.29 is 0 Å². The second kappa shape index (κ2) is 9.06. The third kappa shape index (κ3) is 4.86. The molecule has 0 bridgehead atoms. The van der Waals surface area contributed by atoms with Crippen LogP contribution < -0.4 is 0 Å². The molecule has 2 aromatic heterocycles. The van der Waals surface area contributed by atoms with Crippen molar-refractivity contribution in [1.82, 2.24) is 24.5 Å². The highest BCUT2D eigenvalue weighted by atomic mass is 35.5. The standard InChI is InChI=1S/C18H22ClN5S/c1-2-24-17(15-7-9-16(19)10-8-15)21-22-18(24)25-14-5-3-4-12-23-13-6-11-20-23/h6-11,13H,2-5,12,14H2,1H3. The molecule has 1 aromatic carbocycles. The Kier molecular flexibility index (Phi) is 6.53. The van der Waals surface area contributed by atoms with Gasteiger partial charge in [0.1, 0.15) is 0 Å². The van der Waals surface area contributed by atoms with Gasteiger partial charge in [-0.2, -0.15) is 5.10 Å². The van der Waals surface area contributed by atoms with Gasteiger partial charge in [0.15, 0.2) is 11.0 Å². The Labute approximate surface area is 157 Å². The minimum atomic E-state index is 0.732. The summed E-state index contributed by atoms with van der Waals surface area (Å²) in [4.78, 5) is 0. The smallest absolute Gasteiger partial charge is 0.191 e. The average molecular weight is 376 g/mol. The first-order valence-electron chi connectivity index (χ1n) is 8.57. The molecule has 7 heteroatoms. The maximum Gasteiger partial charge on any atom is 0.191 e. The molecule has 5 nitrogen and oxygen atoms in total. The summed E-state index contributed by atoms with van der Waals surface area (Å²) in [6.07, 6.45) is 7.34. The number of nitrogens with zero attached hydrogens (tertiary/aromatic N) is 5. The molecule has 0 amide bonds. The van der Waals surface area contributed by atoms with Crippen molar-refractivity contribution in [1.29, 1.82) is 0 Å². The maximum absolute atomic E-state index is 5.97. The zero-order chi connectivity index (χ0) is 17.5. The average Bonchev–Trinajstić information content (AvgIpc) is 3.28. The topological polar surface area (TPSA) is 48.5 Å². The predicted molar refractivity (Wildman–Crippen MR) is 103 cm³/mol. The number of unbranched alkanes of at least 4 members (excludes halogenated alkanes) is 2. The van der Waals surface area contributed by atoms with Crippen LogP contribution in [0, 0.1) is 0 Å². The van der Waals surface area contributed by atoms with Crippen LogP contribution in [-0.2, 0) is 13.1 Å². The molecule has 0 unspecified atom stereocenters. The van der Waals surface area contributed by atoms with Crippen LogP contribution in [0.5, 0.6) is 0 Å². The van der Waals surface area contributed by atoms with Crippen molar-refractivity contribution in [3.63, 3.8) is 0 Å². The number of aryl methyl sites for hydroxylation is 1. The van der Waals surface area contributed by atoms with E-state index >= 15 is 0 Å². The fraction of sp³-hybridized carbons (Fsp3) is 0.389. The molecular weight excluding hydrogens is 354 g/mol. The van der Waals surface area contributed by atoms with Crippen LogP contribution in [0.15, 0.2) is 47.9 Å². The molecule has 0 radical (unpaired) electrons. The highest BCUT2D eigenvalue weighted by Gasteiger charge is 2.12. The summed E-state index contributed by atoms with van der Waals surface area (Å²) in [5, 5.41) is 14.7. The van der Waals surface area contributed by atoms with E-state index in [1.807, 2.05) is 47.4 Å². The quantitative estimate of drug-likeness (QED) is 0.399. The van der Waals surface area contributed by atoms with Gasteiger partial charge in [-0.15, -0.1) is 10.2 Å². The molecule has 0 aliphatic rings. The SMILES string of the molecule is CCn1c(SCCCCCn2cccn2)nnc1-c1ccc(Cl)cc1. The normalized spacial score (nSPS) is 11.1. The van der Waals surface area contributed by atoms with Gasteiger partial charge >= 0.3 is 0 Å². The highest BCUT2D eigenvalue weighted by molar-refractivity contribution is 7.99. The summed E-state index contributed by atoms with van der Waals surface area (Å²) < 4.78 is 4.15. The van der Waals surface area contributed by atoms with Crippen LogP contribution in [0.1, 0.15) is 26.2 Å². The number of benzene rings is 1. The van der Waals surface area contributed by atoms with Crippen LogP contribution in [0.2, 0.25) is 5.02 Å². The van der Waals surface area contributed by atoms with Crippen LogP contribution >= 0.6 is 23.4 Å². The summed E-state index contributed by atoms with van der Waals surface area (Å²) in [5.41, 5.74) is 1.05. The Morgan fingerprint density at radius 1 is 1.08 bits per heavy atom. The number of thioether (sulfide) groups is 1. The van der Waals surface area contributed by atoms with E-state index in [1.54, 1.807) is 11.8 Å². The van der Waals surface area contributed by atoms with E-state index in [4.69, 9.17) is 11.6 Å². The minimum absolute atomic E-state index is 0.732. The lowest BCUT2D eigenvalue weighted by atomic mass is 10.2. The summed E-state index contributed by atoms with van der Waals surface area (Å²) in [6, 6.07) is 9.71. The van der Waals surface area contributed by atoms with E-state index in [2.05, 4.69) is 26.8 Å². The second-order valence-electron chi connectivity index (χ2n) is 5.74. The fourth-order valence-electron chi connectivity index (χ4n) is 2.64. The van der Waals surface area contributed by atoms with Crippen molar-refractivity contribution in [2.75, 3.05) is 5.75 Å². The highest BCUT2D eigenvalue weighted by Crippen LogP contribution is 2.25. The van der Waals surface area contributed by atoms with Crippen molar-refractivity contribution in [2.45, 2.75) is 44.4 Å². The van der Waals surface area contributed by atoms with E-state index in [-0.39, 0.29) is 0 Å². The lowest BCUT2D eigenvalue weighted by molar-refractivity contribution is 0.554. The summed E-state index contributed by atoms with van der Waals surface area (Å²) in [7, 11) is 0. The van der Waals surface area contributed by atoms with Gasteiger partial charge in [-0.25, -0.2) is 0 Å². The third-order valence-corrected chi connectivity index (χ3v) is 5.26. The van der Waals surface area contributed by atoms with Gasteiger partial charge in [0.25, 0.3) is 0 Å².